The molecule has 2 aromatic rings. The van der Waals surface area contributed by atoms with Crippen molar-refractivity contribution >= 4 is 34.5 Å². The fourth-order valence-electron chi connectivity index (χ4n) is 1.77. The minimum absolute atomic E-state index is 0.162. The molecule has 0 aliphatic rings. The molecule has 0 unspecified atom stereocenters. The monoisotopic (exact) mass is 298 g/mol. The smallest absolute Gasteiger partial charge is 0.276 e. The molecule has 0 saturated carbocycles. The second-order valence-corrected chi connectivity index (χ2v) is 5.93. The quantitative estimate of drug-likeness (QED) is 0.942. The van der Waals surface area contributed by atoms with Gasteiger partial charge in [-0.1, -0.05) is 11.6 Å². The van der Waals surface area contributed by atoms with Crippen LogP contribution in [0.5, 0.6) is 0 Å². The highest BCUT2D eigenvalue weighted by atomic mass is 35.5. The van der Waals surface area contributed by atoms with Crippen LogP contribution in [-0.4, -0.2) is 27.1 Å². The summed E-state index contributed by atoms with van der Waals surface area (Å²) in [6.07, 6.45) is 1.63. The lowest BCUT2D eigenvalue weighted by atomic mass is 10.3. The van der Waals surface area contributed by atoms with Gasteiger partial charge in [0.05, 0.1) is 16.6 Å². The van der Waals surface area contributed by atoms with Gasteiger partial charge in [0.25, 0.3) is 5.91 Å². The van der Waals surface area contributed by atoms with E-state index in [1.807, 2.05) is 19.1 Å². The molecule has 2 N–H and O–H groups in total. The minimum Gasteiger partial charge on any atom is -0.396 e. The molecule has 0 aromatic carbocycles. The molecule has 0 aliphatic heterocycles. The molecule has 2 aromatic heterocycles. The number of halogens is 1. The molecule has 7 heteroatoms. The first-order valence-corrected chi connectivity index (χ1v) is 7.03. The molecule has 0 atom stereocenters. The van der Waals surface area contributed by atoms with Gasteiger partial charge in [-0.2, -0.15) is 5.10 Å². The summed E-state index contributed by atoms with van der Waals surface area (Å²) in [6, 6.07) is 3.75. The highest BCUT2D eigenvalue weighted by Gasteiger charge is 2.20. The van der Waals surface area contributed by atoms with E-state index in [4.69, 9.17) is 17.3 Å². The van der Waals surface area contributed by atoms with Gasteiger partial charge in [-0.05, 0) is 19.1 Å². The van der Waals surface area contributed by atoms with Crippen molar-refractivity contribution in [2.24, 2.45) is 7.05 Å². The van der Waals surface area contributed by atoms with E-state index in [1.54, 1.807) is 22.8 Å². The molecule has 0 aliphatic carbocycles. The number of anilines is 1. The van der Waals surface area contributed by atoms with E-state index in [2.05, 4.69) is 5.10 Å². The Morgan fingerprint density at radius 3 is 2.79 bits per heavy atom. The van der Waals surface area contributed by atoms with Gasteiger partial charge >= 0.3 is 0 Å². The van der Waals surface area contributed by atoms with Crippen molar-refractivity contribution in [1.29, 1.82) is 0 Å². The fraction of sp³-hybridized carbons (Fsp3) is 0.333. The maximum Gasteiger partial charge on any atom is 0.276 e. The lowest BCUT2D eigenvalue weighted by molar-refractivity contribution is 0.0748. The zero-order chi connectivity index (χ0) is 14.0. The molecule has 5 nitrogen and oxygen atoms in total. The standard InChI is InChI=1S/C12H15ClN4OS/c1-3-17(6-8-4-5-10(13)19-8)12(18)11-9(14)7-16(2)15-11/h4-5,7H,3,6,14H2,1-2H3. The molecule has 0 saturated heterocycles. The number of thiophene rings is 1. The maximum absolute atomic E-state index is 12.4. The van der Waals surface area contributed by atoms with Gasteiger partial charge in [-0.15, -0.1) is 11.3 Å². The Bertz CT molecular complexity index is 592. The summed E-state index contributed by atoms with van der Waals surface area (Å²) >= 11 is 7.36. The molecule has 0 fully saturated rings. The van der Waals surface area contributed by atoms with Crippen LogP contribution in [0, 0.1) is 0 Å². The number of nitrogens with zero attached hydrogens (tertiary/aromatic N) is 3. The predicted octanol–water partition coefficient (Wildman–Crippen LogP) is 2.38. The van der Waals surface area contributed by atoms with Gasteiger partial charge in [0, 0.05) is 24.7 Å². The molecular formula is C12H15ClN4OS. The Morgan fingerprint density at radius 2 is 2.32 bits per heavy atom. The molecule has 0 bridgehead atoms. The zero-order valence-corrected chi connectivity index (χ0v) is 12.3. The summed E-state index contributed by atoms with van der Waals surface area (Å²) in [4.78, 5) is 15.1. The van der Waals surface area contributed by atoms with E-state index in [-0.39, 0.29) is 5.91 Å². The number of nitrogens with two attached hydrogens (primary N) is 1. The molecule has 0 radical (unpaired) electrons. The molecule has 19 heavy (non-hydrogen) atoms. The second kappa shape index (κ2) is 5.63. The highest BCUT2D eigenvalue weighted by molar-refractivity contribution is 7.16. The van der Waals surface area contributed by atoms with E-state index in [9.17, 15) is 4.79 Å². The third-order valence-corrected chi connectivity index (χ3v) is 3.92. The van der Waals surface area contributed by atoms with Gasteiger partial charge in [0.2, 0.25) is 0 Å². The summed E-state index contributed by atoms with van der Waals surface area (Å²) in [6.45, 7) is 3.03. The Labute approximate surface area is 120 Å². The average molecular weight is 299 g/mol. The molecule has 102 valence electrons. The number of hydrogen-bond donors (Lipinski definition) is 1. The van der Waals surface area contributed by atoms with Crippen molar-refractivity contribution in [3.05, 3.63) is 33.2 Å². The number of hydrogen-bond acceptors (Lipinski definition) is 4. The third kappa shape index (κ3) is 3.08. The van der Waals surface area contributed by atoms with Crippen LogP contribution in [0.1, 0.15) is 22.3 Å². The number of carbonyl (C=O) groups excluding carboxylic acids is 1. The molecule has 0 spiro atoms. The summed E-state index contributed by atoms with van der Waals surface area (Å²) < 4.78 is 2.26. The van der Waals surface area contributed by atoms with Crippen molar-refractivity contribution in [1.82, 2.24) is 14.7 Å². The van der Waals surface area contributed by atoms with Crippen LogP contribution in [-0.2, 0) is 13.6 Å². The third-order valence-electron chi connectivity index (χ3n) is 2.70. The van der Waals surface area contributed by atoms with Crippen molar-refractivity contribution in [3.8, 4) is 0 Å². The van der Waals surface area contributed by atoms with E-state index >= 15 is 0 Å². The van der Waals surface area contributed by atoms with E-state index < -0.39 is 0 Å². The second-order valence-electron chi connectivity index (χ2n) is 4.13. The first-order chi connectivity index (χ1) is 9.01. The van der Waals surface area contributed by atoms with E-state index in [0.717, 1.165) is 9.21 Å². The van der Waals surface area contributed by atoms with E-state index in [0.29, 0.717) is 24.5 Å². The van der Waals surface area contributed by atoms with Crippen LogP contribution < -0.4 is 5.73 Å². The van der Waals surface area contributed by atoms with Crippen LogP contribution in [0.3, 0.4) is 0 Å². The number of nitrogen functional groups attached to an aromatic ring is 1. The van der Waals surface area contributed by atoms with Crippen LogP contribution in [0.15, 0.2) is 18.3 Å². The van der Waals surface area contributed by atoms with Crippen LogP contribution in [0.4, 0.5) is 5.69 Å². The fourth-order valence-corrected chi connectivity index (χ4v) is 2.88. The molecule has 2 rings (SSSR count). The van der Waals surface area contributed by atoms with Gasteiger partial charge in [0.15, 0.2) is 5.69 Å². The lowest BCUT2D eigenvalue weighted by Gasteiger charge is -2.19. The van der Waals surface area contributed by atoms with Crippen molar-refractivity contribution in [2.75, 3.05) is 12.3 Å². The van der Waals surface area contributed by atoms with Crippen LogP contribution >= 0.6 is 22.9 Å². The predicted molar refractivity (Wildman–Crippen MR) is 77.4 cm³/mol. The van der Waals surface area contributed by atoms with Crippen LogP contribution in [0.2, 0.25) is 4.34 Å². The number of aryl methyl sites for hydroxylation is 1. The topological polar surface area (TPSA) is 64.2 Å². The molecular weight excluding hydrogens is 284 g/mol. The summed E-state index contributed by atoms with van der Waals surface area (Å²) in [5.41, 5.74) is 6.48. The number of carbonyl (C=O) groups is 1. The Kier molecular flexibility index (Phi) is 4.11. The van der Waals surface area contributed by atoms with Gasteiger partial charge in [-0.3, -0.25) is 9.48 Å². The lowest BCUT2D eigenvalue weighted by Crippen LogP contribution is -2.30. The number of rotatable bonds is 4. The van der Waals surface area contributed by atoms with E-state index in [1.165, 1.54) is 11.3 Å². The van der Waals surface area contributed by atoms with Crippen molar-refractivity contribution in [2.45, 2.75) is 13.5 Å². The van der Waals surface area contributed by atoms with Gasteiger partial charge < -0.3 is 10.6 Å². The largest absolute Gasteiger partial charge is 0.396 e. The normalized spacial score (nSPS) is 10.7. The Morgan fingerprint density at radius 1 is 1.58 bits per heavy atom. The summed E-state index contributed by atoms with van der Waals surface area (Å²) in [5.74, 6) is -0.162. The maximum atomic E-state index is 12.4. The number of amides is 1. The number of aromatic nitrogens is 2. The van der Waals surface area contributed by atoms with Crippen molar-refractivity contribution in [3.63, 3.8) is 0 Å². The average Bonchev–Trinajstić information content (AvgIpc) is 2.91. The van der Waals surface area contributed by atoms with Gasteiger partial charge in [0.1, 0.15) is 0 Å². The minimum atomic E-state index is -0.162. The highest BCUT2D eigenvalue weighted by Crippen LogP contribution is 2.23. The Hall–Kier alpha value is -1.53. The molecule has 1 amide bonds. The Balaban J connectivity index is 2.17. The van der Waals surface area contributed by atoms with Crippen LogP contribution in [0.25, 0.3) is 0 Å². The zero-order valence-electron chi connectivity index (χ0n) is 10.8. The summed E-state index contributed by atoms with van der Waals surface area (Å²) in [5, 5.41) is 4.10. The first kappa shape index (κ1) is 13.9. The SMILES string of the molecule is CCN(Cc1ccc(Cl)s1)C(=O)c1nn(C)cc1N. The summed E-state index contributed by atoms with van der Waals surface area (Å²) in [7, 11) is 1.74. The van der Waals surface area contributed by atoms with Gasteiger partial charge in [-0.25, -0.2) is 0 Å². The first-order valence-electron chi connectivity index (χ1n) is 5.84. The molecule has 2 heterocycles. The van der Waals surface area contributed by atoms with Crippen molar-refractivity contribution < 1.29 is 4.79 Å².